The van der Waals surface area contributed by atoms with Gasteiger partial charge in [-0.3, -0.25) is 0 Å². The maximum absolute atomic E-state index is 3.46. The fraction of sp³-hybridized carbons (Fsp3) is 0.700. The Bertz CT molecular complexity index is 193. The zero-order chi connectivity index (χ0) is 8.10. The number of hydrogen-bond acceptors (Lipinski definition) is 0. The maximum Gasteiger partial charge on any atom is 0.00797 e. The van der Waals surface area contributed by atoms with Crippen LogP contribution >= 0.6 is 8.04 Å². The van der Waals surface area contributed by atoms with E-state index in [2.05, 4.69) is 31.4 Å². The molecule has 1 aliphatic heterocycles. The Morgan fingerprint density at radius 3 is 3.09 bits per heavy atom. The Morgan fingerprint density at radius 1 is 1.55 bits per heavy atom. The molecule has 1 aliphatic rings. The Labute approximate surface area is 71.2 Å². The van der Waals surface area contributed by atoms with Crippen molar-refractivity contribution in [2.45, 2.75) is 33.1 Å². The first-order valence-electron chi connectivity index (χ1n) is 4.44. The highest BCUT2D eigenvalue weighted by Gasteiger charge is 2.10. The molecule has 0 fully saturated rings. The minimum Gasteiger partial charge on any atom is -0.129 e. The van der Waals surface area contributed by atoms with Gasteiger partial charge in [0.2, 0.25) is 0 Å². The van der Waals surface area contributed by atoms with Gasteiger partial charge in [0.05, 0.1) is 0 Å². The van der Waals surface area contributed by atoms with Crippen LogP contribution in [-0.2, 0) is 0 Å². The summed E-state index contributed by atoms with van der Waals surface area (Å²) in [6, 6.07) is 0. The van der Waals surface area contributed by atoms with Crippen molar-refractivity contribution >= 4 is 8.04 Å². The van der Waals surface area contributed by atoms with Crippen LogP contribution in [0.4, 0.5) is 0 Å². The lowest BCUT2D eigenvalue weighted by atomic mass is 9.89. The SMILES string of the molecule is CC(C)C1CC#[PH]/C=C\CC1. The van der Waals surface area contributed by atoms with Gasteiger partial charge >= 0.3 is 0 Å². The molecule has 0 saturated carbocycles. The molecule has 0 radical (unpaired) electrons. The first-order valence-corrected chi connectivity index (χ1v) is 5.52. The summed E-state index contributed by atoms with van der Waals surface area (Å²) in [5, 5.41) is 0. The standard InChI is InChI=1S/C10H17P/c1-9(2)10-5-3-4-7-11-8-6-10/h4,7,9-11H,3,5-6H2,1-2H3/b7-4-. The summed E-state index contributed by atoms with van der Waals surface area (Å²) in [5.74, 6) is 3.97. The van der Waals surface area contributed by atoms with Gasteiger partial charge < -0.3 is 0 Å². The first-order chi connectivity index (χ1) is 5.30. The normalized spacial score (nSPS) is 28.8. The Balaban J connectivity index is 2.50. The van der Waals surface area contributed by atoms with E-state index >= 15 is 0 Å². The molecule has 0 aromatic heterocycles. The molecule has 1 rings (SSSR count). The molecule has 0 spiro atoms. The smallest absolute Gasteiger partial charge is 0.00797 e. The van der Waals surface area contributed by atoms with Crippen LogP contribution < -0.4 is 0 Å². The van der Waals surface area contributed by atoms with Crippen molar-refractivity contribution in [1.82, 2.24) is 0 Å². The lowest BCUT2D eigenvalue weighted by Gasteiger charge is -2.17. The average molecular weight is 168 g/mol. The third-order valence-electron chi connectivity index (χ3n) is 2.31. The van der Waals surface area contributed by atoms with Gasteiger partial charge in [0, 0.05) is 6.42 Å². The second kappa shape index (κ2) is 4.65. The van der Waals surface area contributed by atoms with Crippen molar-refractivity contribution in [3.8, 4) is 5.63 Å². The van der Waals surface area contributed by atoms with E-state index in [9.17, 15) is 0 Å². The van der Waals surface area contributed by atoms with Crippen LogP contribution in [0.1, 0.15) is 33.1 Å². The van der Waals surface area contributed by atoms with E-state index in [1.54, 1.807) is 0 Å². The molecule has 0 saturated heterocycles. The highest BCUT2D eigenvalue weighted by atomic mass is 31.0. The molecular formula is C10H17P. The second-order valence-electron chi connectivity index (χ2n) is 3.51. The number of hydrogen-bond donors (Lipinski definition) is 0. The molecule has 11 heavy (non-hydrogen) atoms. The van der Waals surface area contributed by atoms with Crippen LogP contribution in [0.3, 0.4) is 0 Å². The highest BCUT2D eigenvalue weighted by molar-refractivity contribution is 7.30. The molecule has 0 aliphatic carbocycles. The lowest BCUT2D eigenvalue weighted by Crippen LogP contribution is -2.07. The van der Waals surface area contributed by atoms with Crippen molar-refractivity contribution in [2.24, 2.45) is 11.8 Å². The predicted molar refractivity (Wildman–Crippen MR) is 53.5 cm³/mol. The molecule has 2 atom stereocenters. The van der Waals surface area contributed by atoms with Crippen LogP contribution in [-0.4, -0.2) is 0 Å². The molecule has 0 amide bonds. The quantitative estimate of drug-likeness (QED) is 0.525. The van der Waals surface area contributed by atoms with Gasteiger partial charge in [-0.25, -0.2) is 0 Å². The molecule has 0 N–H and O–H groups in total. The van der Waals surface area contributed by atoms with E-state index in [0.29, 0.717) is 0 Å². The third kappa shape index (κ3) is 3.14. The number of allylic oxidation sites excluding steroid dienone is 1. The molecular weight excluding hydrogens is 151 g/mol. The largest absolute Gasteiger partial charge is 0.129 e. The van der Waals surface area contributed by atoms with Crippen LogP contribution in [0.5, 0.6) is 0 Å². The summed E-state index contributed by atoms with van der Waals surface area (Å²) < 4.78 is 0. The van der Waals surface area contributed by atoms with Crippen LogP contribution in [0.2, 0.25) is 0 Å². The van der Waals surface area contributed by atoms with Gasteiger partial charge in [-0.2, -0.15) is 0 Å². The summed E-state index contributed by atoms with van der Waals surface area (Å²) in [7, 11) is 0.838. The Kier molecular flexibility index (Phi) is 3.77. The zero-order valence-electron chi connectivity index (χ0n) is 7.43. The summed E-state index contributed by atoms with van der Waals surface area (Å²) in [4.78, 5) is 0. The molecule has 0 aromatic rings. The van der Waals surface area contributed by atoms with E-state index in [0.717, 1.165) is 19.9 Å². The van der Waals surface area contributed by atoms with Crippen LogP contribution in [0.25, 0.3) is 0 Å². The van der Waals surface area contributed by atoms with E-state index in [1.807, 2.05) is 0 Å². The molecule has 0 aromatic carbocycles. The number of rotatable bonds is 1. The van der Waals surface area contributed by atoms with E-state index < -0.39 is 0 Å². The van der Waals surface area contributed by atoms with Crippen molar-refractivity contribution in [1.29, 1.82) is 0 Å². The predicted octanol–water partition coefficient (Wildman–Crippen LogP) is 3.59. The monoisotopic (exact) mass is 168 g/mol. The van der Waals surface area contributed by atoms with Crippen molar-refractivity contribution in [3.63, 3.8) is 0 Å². The Hall–Kier alpha value is -0.180. The molecule has 1 heteroatoms. The fourth-order valence-electron chi connectivity index (χ4n) is 1.37. The molecule has 62 valence electrons. The molecule has 0 bridgehead atoms. The van der Waals surface area contributed by atoms with E-state index in [4.69, 9.17) is 0 Å². The van der Waals surface area contributed by atoms with Crippen LogP contribution in [0, 0.1) is 17.5 Å². The lowest BCUT2D eigenvalue weighted by molar-refractivity contribution is 0.370. The second-order valence-corrected chi connectivity index (χ2v) is 4.48. The summed E-state index contributed by atoms with van der Waals surface area (Å²) in [6.45, 7) is 4.64. The molecule has 0 nitrogen and oxygen atoms in total. The molecule has 2 unspecified atom stereocenters. The molecule has 1 heterocycles. The van der Waals surface area contributed by atoms with Gasteiger partial charge in [0.1, 0.15) is 0 Å². The van der Waals surface area contributed by atoms with Crippen molar-refractivity contribution in [3.05, 3.63) is 11.9 Å². The topological polar surface area (TPSA) is 0 Å². The van der Waals surface area contributed by atoms with Crippen molar-refractivity contribution < 1.29 is 0 Å². The fourth-order valence-corrected chi connectivity index (χ4v) is 2.16. The highest BCUT2D eigenvalue weighted by Crippen LogP contribution is 2.23. The summed E-state index contributed by atoms with van der Waals surface area (Å²) >= 11 is 0. The van der Waals surface area contributed by atoms with Crippen molar-refractivity contribution in [2.75, 3.05) is 0 Å². The van der Waals surface area contributed by atoms with Gasteiger partial charge in [-0.1, -0.05) is 28.0 Å². The van der Waals surface area contributed by atoms with E-state index in [-0.39, 0.29) is 0 Å². The zero-order valence-corrected chi connectivity index (χ0v) is 8.43. The van der Waals surface area contributed by atoms with Crippen LogP contribution in [0.15, 0.2) is 11.9 Å². The summed E-state index contributed by atoms with van der Waals surface area (Å²) in [6.07, 6.45) is 6.14. The van der Waals surface area contributed by atoms with E-state index in [1.165, 1.54) is 19.3 Å². The average Bonchev–Trinajstić information content (AvgIpc) is 1.84. The van der Waals surface area contributed by atoms with Gasteiger partial charge in [-0.05, 0) is 30.5 Å². The van der Waals surface area contributed by atoms with Gasteiger partial charge in [0.25, 0.3) is 0 Å². The Morgan fingerprint density at radius 2 is 2.36 bits per heavy atom. The maximum atomic E-state index is 3.46. The van der Waals surface area contributed by atoms with Gasteiger partial charge in [0.15, 0.2) is 0 Å². The summed E-state index contributed by atoms with van der Waals surface area (Å²) in [5.41, 5.74) is 3.46. The van der Waals surface area contributed by atoms with Gasteiger partial charge in [-0.15, -0.1) is 5.63 Å². The first kappa shape index (κ1) is 8.91. The third-order valence-corrected chi connectivity index (χ3v) is 3.13. The minimum atomic E-state index is 0.832. The minimum absolute atomic E-state index is 0.832.